The zero-order valence-electron chi connectivity index (χ0n) is 28.2. The molecule has 4 rings (SSSR count). The molecule has 0 fully saturated rings. The number of fused-ring (bicyclic) bond motifs is 1. The highest BCUT2D eigenvalue weighted by Gasteiger charge is 2.92. The predicted octanol–water partition coefficient (Wildman–Crippen LogP) is 15.2. The third-order valence-electron chi connectivity index (χ3n) is 8.92. The minimum Gasteiger partial charge on any atom is -0.194 e. The van der Waals surface area contributed by atoms with Crippen LogP contribution in [0.3, 0.4) is 0 Å². The van der Waals surface area contributed by atoms with Gasteiger partial charge >= 0.3 is 71.6 Å². The van der Waals surface area contributed by atoms with Gasteiger partial charge in [-0.1, -0.05) is 60.1 Å². The van der Waals surface area contributed by atoms with Crippen molar-refractivity contribution in [2.75, 3.05) is 0 Å². The van der Waals surface area contributed by atoms with E-state index in [2.05, 4.69) is 0 Å². The lowest BCUT2D eigenvalue weighted by molar-refractivity contribution is -0.442. The van der Waals surface area contributed by atoms with E-state index < -0.39 is 117 Å². The summed E-state index contributed by atoms with van der Waals surface area (Å²) >= 11 is 5.80. The molecule has 338 valence electrons. The first-order valence-electron chi connectivity index (χ1n) is 15.4. The van der Waals surface area contributed by atoms with Gasteiger partial charge in [0.05, 0.1) is 0 Å². The van der Waals surface area contributed by atoms with Gasteiger partial charge in [-0.05, 0) is 63.4 Å². The van der Waals surface area contributed by atoms with Gasteiger partial charge in [0.1, 0.15) is 0 Å². The fourth-order valence-electron chi connectivity index (χ4n) is 5.48. The molecule has 0 heterocycles. The predicted molar refractivity (Wildman–Crippen MR) is 159 cm³/mol. The molecule has 27 heteroatoms. The summed E-state index contributed by atoms with van der Waals surface area (Å²) in [6.07, 6.45) is -15.9. The van der Waals surface area contributed by atoms with Crippen molar-refractivity contribution in [1.82, 2.24) is 0 Å². The largest absolute Gasteiger partial charge is 0.460 e. The average molecular weight is 951 g/mol. The van der Waals surface area contributed by atoms with Gasteiger partial charge in [-0.15, -0.1) is 0 Å². The van der Waals surface area contributed by atoms with Crippen molar-refractivity contribution >= 4 is 22.4 Å². The minimum absolute atomic E-state index is 0.000976. The molecule has 0 unspecified atom stereocenters. The molecule has 0 amide bonds. The lowest BCUT2D eigenvalue weighted by Gasteiger charge is -2.41. The molecular formula is C34H13ClF26. The monoisotopic (exact) mass is 950 g/mol. The van der Waals surface area contributed by atoms with Crippen LogP contribution in [-0.4, -0.2) is 59.7 Å². The number of halogens is 27. The summed E-state index contributed by atoms with van der Waals surface area (Å²) in [5.41, 5.74) is -9.97. The van der Waals surface area contributed by atoms with Crippen molar-refractivity contribution in [3.63, 3.8) is 0 Å². The van der Waals surface area contributed by atoms with Gasteiger partial charge in [0, 0.05) is 16.1 Å². The van der Waals surface area contributed by atoms with Crippen molar-refractivity contribution in [3.8, 4) is 22.3 Å². The lowest BCUT2D eigenvalue weighted by Crippen LogP contribution is -2.69. The Morgan fingerprint density at radius 2 is 0.590 bits per heavy atom. The Bertz CT molecular complexity index is 2170. The maximum absolute atomic E-state index is 15.5. The van der Waals surface area contributed by atoms with Crippen molar-refractivity contribution in [3.05, 3.63) is 95.0 Å². The Labute approximate surface area is 325 Å². The molecule has 0 N–H and O–H groups in total. The SMILES string of the molecule is FC(F)(F)C(F)(F)C(F)(F)C(F)(F)C(F)(F)C(F)(F)c1cc(-c2ccc(-c3ccc(Cl)cc3)c3ccccc23)cc(C(F)(F)C(F)(F)C(F)(F)C(F)(F)C(F)(F)C(F)(F)F)c1. The van der Waals surface area contributed by atoms with Crippen molar-refractivity contribution in [2.45, 2.75) is 71.6 Å². The van der Waals surface area contributed by atoms with Crippen LogP contribution in [0.15, 0.2) is 78.9 Å². The first-order chi connectivity index (χ1) is 27.0. The number of alkyl halides is 26. The van der Waals surface area contributed by atoms with Crippen LogP contribution in [0.5, 0.6) is 0 Å². The first-order valence-corrected chi connectivity index (χ1v) is 15.8. The smallest absolute Gasteiger partial charge is 0.194 e. The number of rotatable bonds is 12. The van der Waals surface area contributed by atoms with E-state index in [1.807, 2.05) is 0 Å². The van der Waals surface area contributed by atoms with Crippen LogP contribution in [0.1, 0.15) is 11.1 Å². The molecule has 0 spiro atoms. The Hall–Kier alpha value is -4.39. The Kier molecular flexibility index (Phi) is 11.6. The fourth-order valence-corrected chi connectivity index (χ4v) is 5.61. The standard InChI is InChI=1S/C34H13ClF26/c35-18-7-5-14(6-8-18)19-9-10-20(22-4-2-1-3-21(19)22)15-11-16(23(36,37)25(40,41)27(44,45)29(48,49)31(52,53)33(56,57)58)13-17(12-15)24(38,39)26(42,43)28(46,47)30(50,51)32(54,55)34(59,60)61/h1-13H. The van der Waals surface area contributed by atoms with Crippen LogP contribution in [0.2, 0.25) is 5.02 Å². The molecule has 4 aromatic rings. The summed E-state index contributed by atoms with van der Waals surface area (Å²) in [4.78, 5) is 0. The normalized spacial score (nSPS) is 15.1. The van der Waals surface area contributed by atoms with Crippen LogP contribution in [0, 0.1) is 0 Å². The molecule has 4 aromatic carbocycles. The van der Waals surface area contributed by atoms with E-state index in [1.54, 1.807) is 0 Å². The summed E-state index contributed by atoms with van der Waals surface area (Å²) in [5, 5.41) is -0.712. The molecule has 0 aliphatic heterocycles. The minimum atomic E-state index is -8.70. The zero-order chi connectivity index (χ0) is 47.4. The molecule has 0 atom stereocenters. The van der Waals surface area contributed by atoms with Crippen molar-refractivity contribution < 1.29 is 114 Å². The summed E-state index contributed by atoms with van der Waals surface area (Å²) in [5.74, 6) is -83.6. The van der Waals surface area contributed by atoms with E-state index in [-0.39, 0.29) is 21.5 Å². The van der Waals surface area contributed by atoms with Crippen LogP contribution < -0.4 is 0 Å². The van der Waals surface area contributed by atoms with Gasteiger partial charge < -0.3 is 0 Å². The van der Waals surface area contributed by atoms with E-state index in [4.69, 9.17) is 11.6 Å². The second kappa shape index (κ2) is 14.3. The molecule has 0 aliphatic carbocycles. The Morgan fingerprint density at radius 1 is 0.295 bits per heavy atom. The molecule has 0 aromatic heterocycles. The second-order valence-electron chi connectivity index (χ2n) is 12.8. The summed E-state index contributed by atoms with van der Waals surface area (Å²) in [6, 6.07) is 6.93. The third kappa shape index (κ3) is 6.95. The van der Waals surface area contributed by atoms with Gasteiger partial charge in [-0.3, -0.25) is 0 Å². The van der Waals surface area contributed by atoms with E-state index in [0.29, 0.717) is 6.07 Å². The first kappa shape index (κ1) is 49.3. The van der Waals surface area contributed by atoms with Gasteiger partial charge in [0.15, 0.2) is 0 Å². The highest BCUT2D eigenvalue weighted by molar-refractivity contribution is 6.30. The van der Waals surface area contributed by atoms with Crippen LogP contribution in [0.4, 0.5) is 114 Å². The summed E-state index contributed by atoms with van der Waals surface area (Å²) in [6.45, 7) is 0. The summed E-state index contributed by atoms with van der Waals surface area (Å²) < 4.78 is 366. The fraction of sp³-hybridized carbons (Fsp3) is 0.353. The van der Waals surface area contributed by atoms with Gasteiger partial charge in [-0.25, -0.2) is 0 Å². The zero-order valence-corrected chi connectivity index (χ0v) is 29.0. The molecule has 0 saturated heterocycles. The van der Waals surface area contributed by atoms with E-state index >= 15 is 17.6 Å². The Balaban J connectivity index is 2.13. The molecule has 0 radical (unpaired) electrons. The highest BCUT2D eigenvalue weighted by Crippen LogP contribution is 2.65. The lowest BCUT2D eigenvalue weighted by atomic mass is 9.84. The molecular weight excluding hydrogens is 938 g/mol. The van der Waals surface area contributed by atoms with Gasteiger partial charge in [0.2, 0.25) is 0 Å². The number of benzene rings is 4. The van der Waals surface area contributed by atoms with Crippen LogP contribution >= 0.6 is 11.6 Å². The second-order valence-corrected chi connectivity index (χ2v) is 13.2. The topological polar surface area (TPSA) is 0 Å². The third-order valence-corrected chi connectivity index (χ3v) is 9.17. The molecule has 0 bridgehead atoms. The van der Waals surface area contributed by atoms with Gasteiger partial charge in [0.25, 0.3) is 0 Å². The number of hydrogen-bond acceptors (Lipinski definition) is 0. The van der Waals surface area contributed by atoms with E-state index in [1.165, 1.54) is 24.3 Å². The summed E-state index contributed by atoms with van der Waals surface area (Å²) in [7, 11) is 0. The maximum atomic E-state index is 15.5. The Morgan fingerprint density at radius 3 is 0.902 bits per heavy atom. The molecule has 0 aliphatic rings. The maximum Gasteiger partial charge on any atom is 0.460 e. The molecule has 0 saturated carbocycles. The van der Waals surface area contributed by atoms with Gasteiger partial charge in [-0.2, -0.15) is 114 Å². The van der Waals surface area contributed by atoms with E-state index in [0.717, 1.165) is 30.3 Å². The van der Waals surface area contributed by atoms with Crippen LogP contribution in [0.25, 0.3) is 33.0 Å². The number of hydrogen-bond donors (Lipinski definition) is 0. The van der Waals surface area contributed by atoms with Crippen molar-refractivity contribution in [1.29, 1.82) is 0 Å². The average Bonchev–Trinajstić information content (AvgIpc) is 3.13. The molecule has 0 nitrogen and oxygen atoms in total. The van der Waals surface area contributed by atoms with Crippen LogP contribution in [-0.2, 0) is 11.8 Å². The highest BCUT2D eigenvalue weighted by atomic mass is 35.5. The molecule has 61 heavy (non-hydrogen) atoms. The van der Waals surface area contributed by atoms with E-state index in [9.17, 15) is 96.6 Å². The quantitative estimate of drug-likeness (QED) is 0.124. The van der Waals surface area contributed by atoms with Crippen molar-refractivity contribution in [2.24, 2.45) is 0 Å².